The average molecular weight is 157 g/mol. The van der Waals surface area contributed by atoms with E-state index >= 15 is 0 Å². The summed E-state index contributed by atoms with van der Waals surface area (Å²) in [6, 6.07) is 12.6. The van der Waals surface area contributed by atoms with Crippen molar-refractivity contribution in [3.05, 3.63) is 35.9 Å². The predicted octanol–water partition coefficient (Wildman–Crippen LogP) is 2.49. The van der Waals surface area contributed by atoms with E-state index in [2.05, 4.69) is 25.1 Å². The quantitative estimate of drug-likeness (QED) is 0.614. The van der Waals surface area contributed by atoms with E-state index in [0.717, 1.165) is 6.42 Å². The molecule has 1 saturated carbocycles. The minimum atomic E-state index is 0.149. The van der Waals surface area contributed by atoms with Gasteiger partial charge in [0.2, 0.25) is 0 Å². The van der Waals surface area contributed by atoms with Crippen molar-refractivity contribution in [3.8, 4) is 6.07 Å². The molecule has 1 aliphatic rings. The van der Waals surface area contributed by atoms with Crippen molar-refractivity contribution in [3.63, 3.8) is 0 Å². The zero-order chi connectivity index (χ0) is 8.60. The van der Waals surface area contributed by atoms with Gasteiger partial charge >= 0.3 is 0 Å². The summed E-state index contributed by atoms with van der Waals surface area (Å²) in [5, 5.41) is 8.75. The van der Waals surface area contributed by atoms with Crippen LogP contribution in [0.5, 0.6) is 0 Å². The molecule has 0 heterocycles. The molecule has 0 radical (unpaired) electrons. The van der Waals surface area contributed by atoms with Crippen LogP contribution in [0.15, 0.2) is 30.3 Å². The fourth-order valence-electron chi connectivity index (χ4n) is 1.69. The second kappa shape index (κ2) is 2.35. The topological polar surface area (TPSA) is 23.8 Å². The van der Waals surface area contributed by atoms with Crippen molar-refractivity contribution < 1.29 is 0 Å². The Morgan fingerprint density at radius 2 is 2.08 bits per heavy atom. The lowest BCUT2D eigenvalue weighted by Crippen LogP contribution is -2.02. The molecule has 0 spiro atoms. The first kappa shape index (κ1) is 7.36. The highest BCUT2D eigenvalue weighted by molar-refractivity contribution is 5.35. The van der Waals surface area contributed by atoms with Gasteiger partial charge in [-0.25, -0.2) is 0 Å². The lowest BCUT2D eigenvalue weighted by Gasteiger charge is -2.07. The highest BCUT2D eigenvalue weighted by atomic mass is 14.5. The maximum Gasteiger partial charge on any atom is 0.0665 e. The monoisotopic (exact) mass is 157 g/mol. The molecule has 1 nitrogen and oxygen atoms in total. The minimum Gasteiger partial charge on any atom is -0.198 e. The molecule has 1 aromatic rings. The minimum absolute atomic E-state index is 0.149. The third-order valence-corrected chi connectivity index (χ3v) is 2.83. The Hall–Kier alpha value is -1.29. The number of benzene rings is 1. The molecule has 1 heteroatoms. The van der Waals surface area contributed by atoms with E-state index in [0.29, 0.717) is 0 Å². The summed E-state index contributed by atoms with van der Waals surface area (Å²) in [7, 11) is 0. The maximum absolute atomic E-state index is 8.75. The molecular formula is C11H11N. The second-order valence-corrected chi connectivity index (χ2v) is 3.67. The Bertz CT molecular complexity index is 323. The summed E-state index contributed by atoms with van der Waals surface area (Å²) in [6.45, 7) is 2.16. The highest BCUT2D eigenvalue weighted by Gasteiger charge is 2.51. The van der Waals surface area contributed by atoms with Gasteiger partial charge in [-0.05, 0) is 12.0 Å². The number of nitriles is 1. The summed E-state index contributed by atoms with van der Waals surface area (Å²) in [6.07, 6.45) is 1.02. The Morgan fingerprint density at radius 1 is 1.42 bits per heavy atom. The molecule has 2 rings (SSSR count). The third-order valence-electron chi connectivity index (χ3n) is 2.83. The maximum atomic E-state index is 8.75. The van der Waals surface area contributed by atoms with Gasteiger partial charge in [-0.3, -0.25) is 0 Å². The number of rotatable bonds is 1. The van der Waals surface area contributed by atoms with Gasteiger partial charge in [0.15, 0.2) is 0 Å². The van der Waals surface area contributed by atoms with E-state index in [1.165, 1.54) is 5.56 Å². The zero-order valence-corrected chi connectivity index (χ0v) is 7.12. The zero-order valence-electron chi connectivity index (χ0n) is 7.12. The van der Waals surface area contributed by atoms with Crippen molar-refractivity contribution in [1.29, 1.82) is 5.26 Å². The fraction of sp³-hybridized carbons (Fsp3) is 0.364. The van der Waals surface area contributed by atoms with Gasteiger partial charge in [0.05, 0.1) is 12.0 Å². The lowest BCUT2D eigenvalue weighted by atomic mass is 9.96. The van der Waals surface area contributed by atoms with Gasteiger partial charge in [0, 0.05) is 5.41 Å². The lowest BCUT2D eigenvalue weighted by molar-refractivity contribution is 0.742. The molecule has 0 unspecified atom stereocenters. The molecule has 60 valence electrons. The standard InChI is InChI=1S/C11H11N/c1-11(7-10(11)8-12)9-5-3-2-4-6-9/h2-6,10H,7H2,1H3/t10-,11+/m1/s1. The summed E-state index contributed by atoms with van der Waals surface area (Å²) < 4.78 is 0. The molecule has 0 amide bonds. The molecule has 1 aliphatic carbocycles. The smallest absolute Gasteiger partial charge is 0.0665 e. The normalized spacial score (nSPS) is 32.5. The van der Waals surface area contributed by atoms with Gasteiger partial charge in [-0.2, -0.15) is 5.26 Å². The van der Waals surface area contributed by atoms with Crippen LogP contribution in [0.4, 0.5) is 0 Å². The van der Waals surface area contributed by atoms with Crippen molar-refractivity contribution in [2.45, 2.75) is 18.8 Å². The van der Waals surface area contributed by atoms with Crippen LogP contribution in [0, 0.1) is 17.2 Å². The first-order chi connectivity index (χ1) is 5.77. The van der Waals surface area contributed by atoms with Crippen molar-refractivity contribution in [1.82, 2.24) is 0 Å². The first-order valence-electron chi connectivity index (χ1n) is 4.22. The molecule has 0 aliphatic heterocycles. The van der Waals surface area contributed by atoms with Gasteiger partial charge in [-0.1, -0.05) is 37.3 Å². The summed E-state index contributed by atoms with van der Waals surface area (Å²) in [4.78, 5) is 0. The van der Waals surface area contributed by atoms with E-state index in [-0.39, 0.29) is 11.3 Å². The van der Waals surface area contributed by atoms with E-state index in [1.54, 1.807) is 0 Å². The summed E-state index contributed by atoms with van der Waals surface area (Å²) in [5.74, 6) is 0.236. The van der Waals surface area contributed by atoms with Gasteiger partial charge in [0.25, 0.3) is 0 Å². The van der Waals surface area contributed by atoms with Crippen LogP contribution >= 0.6 is 0 Å². The average Bonchev–Trinajstić information content (AvgIpc) is 2.81. The van der Waals surface area contributed by atoms with E-state index in [9.17, 15) is 0 Å². The molecule has 1 aromatic carbocycles. The van der Waals surface area contributed by atoms with E-state index in [1.807, 2.05) is 18.2 Å². The predicted molar refractivity (Wildman–Crippen MR) is 47.5 cm³/mol. The highest BCUT2D eigenvalue weighted by Crippen LogP contribution is 2.53. The molecule has 0 bridgehead atoms. The van der Waals surface area contributed by atoms with Gasteiger partial charge in [-0.15, -0.1) is 0 Å². The molecule has 1 fully saturated rings. The molecule has 12 heavy (non-hydrogen) atoms. The van der Waals surface area contributed by atoms with Crippen LogP contribution in [0.1, 0.15) is 18.9 Å². The molecular weight excluding hydrogens is 146 g/mol. The van der Waals surface area contributed by atoms with Crippen LogP contribution in [-0.4, -0.2) is 0 Å². The first-order valence-corrected chi connectivity index (χ1v) is 4.22. The number of hydrogen-bond acceptors (Lipinski definition) is 1. The van der Waals surface area contributed by atoms with Gasteiger partial charge < -0.3 is 0 Å². The summed E-state index contributed by atoms with van der Waals surface area (Å²) in [5.41, 5.74) is 1.45. The van der Waals surface area contributed by atoms with Crippen molar-refractivity contribution >= 4 is 0 Å². The number of nitrogens with zero attached hydrogens (tertiary/aromatic N) is 1. The van der Waals surface area contributed by atoms with Crippen LogP contribution in [0.25, 0.3) is 0 Å². The Morgan fingerprint density at radius 3 is 2.58 bits per heavy atom. The second-order valence-electron chi connectivity index (χ2n) is 3.67. The van der Waals surface area contributed by atoms with Crippen molar-refractivity contribution in [2.24, 2.45) is 5.92 Å². The molecule has 0 N–H and O–H groups in total. The van der Waals surface area contributed by atoms with Crippen molar-refractivity contribution in [2.75, 3.05) is 0 Å². The van der Waals surface area contributed by atoms with E-state index < -0.39 is 0 Å². The largest absolute Gasteiger partial charge is 0.198 e. The third kappa shape index (κ3) is 0.921. The molecule has 0 saturated heterocycles. The van der Waals surface area contributed by atoms with Crippen LogP contribution in [0.2, 0.25) is 0 Å². The van der Waals surface area contributed by atoms with E-state index in [4.69, 9.17) is 5.26 Å². The molecule has 2 atom stereocenters. The SMILES string of the molecule is C[C@@]1(c2ccccc2)C[C@@H]1C#N. The number of hydrogen-bond donors (Lipinski definition) is 0. The fourth-order valence-corrected chi connectivity index (χ4v) is 1.69. The van der Waals surface area contributed by atoms with Crippen LogP contribution in [0.3, 0.4) is 0 Å². The van der Waals surface area contributed by atoms with Gasteiger partial charge in [0.1, 0.15) is 0 Å². The Labute approximate surface area is 72.6 Å². The Balaban J connectivity index is 2.30. The Kier molecular flexibility index (Phi) is 1.44. The van der Waals surface area contributed by atoms with Crippen LogP contribution in [-0.2, 0) is 5.41 Å². The van der Waals surface area contributed by atoms with Crippen LogP contribution < -0.4 is 0 Å². The summed E-state index contributed by atoms with van der Waals surface area (Å²) >= 11 is 0. The molecule has 0 aromatic heterocycles.